The summed E-state index contributed by atoms with van der Waals surface area (Å²) in [6, 6.07) is 12.9. The number of aromatic amines is 1. The van der Waals surface area contributed by atoms with Gasteiger partial charge in [-0.05, 0) is 30.3 Å². The molecule has 0 amide bonds. The molecule has 0 bridgehead atoms. The van der Waals surface area contributed by atoms with Gasteiger partial charge in [-0.25, -0.2) is 4.98 Å². The molecular weight excluding hydrogens is 248 g/mol. The van der Waals surface area contributed by atoms with E-state index in [0.29, 0.717) is 15.9 Å². The maximum absolute atomic E-state index is 11.6. The van der Waals surface area contributed by atoms with Crippen LogP contribution in [-0.4, -0.2) is 9.97 Å². The van der Waals surface area contributed by atoms with Crippen LogP contribution in [-0.2, 0) is 0 Å². The van der Waals surface area contributed by atoms with Crippen molar-refractivity contribution in [1.82, 2.24) is 9.97 Å². The Hall–Kier alpha value is -2.13. The highest BCUT2D eigenvalue weighted by Gasteiger charge is 2.03. The number of H-pyrrole nitrogens is 1. The molecular formula is C14H9ClN2O. The number of nitrogens with one attached hydrogen (secondary N) is 1. The van der Waals surface area contributed by atoms with Gasteiger partial charge in [0.2, 0.25) is 0 Å². The molecule has 1 aromatic carbocycles. The molecule has 18 heavy (non-hydrogen) atoms. The normalized spacial score (nSPS) is 10.7. The van der Waals surface area contributed by atoms with Crippen LogP contribution in [0, 0.1) is 0 Å². The number of hydrogen-bond acceptors (Lipinski definition) is 2. The summed E-state index contributed by atoms with van der Waals surface area (Å²) < 4.78 is 0. The molecule has 2 aromatic heterocycles. The second-order valence-electron chi connectivity index (χ2n) is 3.94. The van der Waals surface area contributed by atoms with Crippen LogP contribution >= 0.6 is 11.6 Å². The van der Waals surface area contributed by atoms with Crippen molar-refractivity contribution in [2.45, 2.75) is 0 Å². The van der Waals surface area contributed by atoms with Gasteiger partial charge in [-0.15, -0.1) is 0 Å². The Bertz CT molecular complexity index is 763. The van der Waals surface area contributed by atoms with E-state index in [0.717, 1.165) is 11.3 Å². The van der Waals surface area contributed by atoms with Crippen LogP contribution in [0.15, 0.2) is 53.5 Å². The van der Waals surface area contributed by atoms with Gasteiger partial charge in [0.25, 0.3) is 5.56 Å². The van der Waals surface area contributed by atoms with Crippen molar-refractivity contribution in [2.75, 3.05) is 0 Å². The van der Waals surface area contributed by atoms with Crippen molar-refractivity contribution < 1.29 is 0 Å². The molecule has 0 saturated carbocycles. The number of halogens is 1. The lowest BCUT2D eigenvalue weighted by Crippen LogP contribution is -2.05. The molecule has 88 valence electrons. The summed E-state index contributed by atoms with van der Waals surface area (Å²) in [6.07, 6.45) is 1.60. The number of pyridine rings is 2. The molecule has 3 nitrogen and oxygen atoms in total. The van der Waals surface area contributed by atoms with Crippen molar-refractivity contribution >= 4 is 22.5 Å². The van der Waals surface area contributed by atoms with Crippen LogP contribution in [0.4, 0.5) is 0 Å². The van der Waals surface area contributed by atoms with Crippen molar-refractivity contribution in [1.29, 1.82) is 0 Å². The highest BCUT2D eigenvalue weighted by molar-refractivity contribution is 6.30. The lowest BCUT2D eigenvalue weighted by molar-refractivity contribution is 1.26. The third-order valence-electron chi connectivity index (χ3n) is 2.76. The van der Waals surface area contributed by atoms with Crippen molar-refractivity contribution in [3.05, 3.63) is 64.0 Å². The van der Waals surface area contributed by atoms with Crippen LogP contribution in [0.5, 0.6) is 0 Å². The summed E-state index contributed by atoms with van der Waals surface area (Å²) >= 11 is 5.85. The van der Waals surface area contributed by atoms with Gasteiger partial charge in [-0.3, -0.25) is 4.79 Å². The molecule has 0 saturated heterocycles. The lowest BCUT2D eigenvalue weighted by Gasteiger charge is -2.02. The third-order valence-corrected chi connectivity index (χ3v) is 3.02. The lowest BCUT2D eigenvalue weighted by atomic mass is 10.1. The zero-order valence-electron chi connectivity index (χ0n) is 9.35. The summed E-state index contributed by atoms with van der Waals surface area (Å²) in [7, 11) is 0. The Morgan fingerprint density at radius 2 is 1.78 bits per heavy atom. The zero-order valence-corrected chi connectivity index (χ0v) is 10.1. The SMILES string of the molecule is O=c1[nH]ccc2nc(-c3ccc(Cl)cc3)ccc12. The first-order chi connectivity index (χ1) is 8.74. The molecule has 0 aliphatic carbocycles. The summed E-state index contributed by atoms with van der Waals surface area (Å²) in [5.74, 6) is 0. The Labute approximate surface area is 108 Å². The van der Waals surface area contributed by atoms with Crippen molar-refractivity contribution in [2.24, 2.45) is 0 Å². The monoisotopic (exact) mass is 256 g/mol. The van der Waals surface area contributed by atoms with Crippen LogP contribution in [0.25, 0.3) is 22.2 Å². The van der Waals surface area contributed by atoms with Gasteiger partial charge in [0, 0.05) is 16.8 Å². The number of fused-ring (bicyclic) bond motifs is 1. The minimum Gasteiger partial charge on any atom is -0.328 e. The second kappa shape index (κ2) is 4.27. The van der Waals surface area contributed by atoms with Crippen LogP contribution < -0.4 is 5.56 Å². The van der Waals surface area contributed by atoms with E-state index in [1.165, 1.54) is 0 Å². The summed E-state index contributed by atoms with van der Waals surface area (Å²) in [5.41, 5.74) is 2.36. The van der Waals surface area contributed by atoms with Gasteiger partial charge >= 0.3 is 0 Å². The standard InChI is InChI=1S/C14H9ClN2O/c15-10-3-1-9(2-4-10)12-6-5-11-13(17-12)7-8-16-14(11)18/h1-8H,(H,16,18). The van der Waals surface area contributed by atoms with E-state index in [1.54, 1.807) is 18.3 Å². The Morgan fingerprint density at radius 3 is 2.56 bits per heavy atom. The Morgan fingerprint density at radius 1 is 1.00 bits per heavy atom. The van der Waals surface area contributed by atoms with Crippen LogP contribution in [0.2, 0.25) is 5.02 Å². The largest absolute Gasteiger partial charge is 0.328 e. The quantitative estimate of drug-likeness (QED) is 0.726. The first-order valence-corrected chi connectivity index (χ1v) is 5.86. The predicted octanol–water partition coefficient (Wildman–Crippen LogP) is 3.24. The fourth-order valence-corrected chi connectivity index (χ4v) is 1.98. The highest BCUT2D eigenvalue weighted by atomic mass is 35.5. The third kappa shape index (κ3) is 1.89. The van der Waals surface area contributed by atoms with E-state index < -0.39 is 0 Å². The molecule has 3 aromatic rings. The van der Waals surface area contributed by atoms with Crippen molar-refractivity contribution in [3.8, 4) is 11.3 Å². The predicted molar refractivity (Wildman–Crippen MR) is 72.8 cm³/mol. The number of aromatic nitrogens is 2. The minimum absolute atomic E-state index is 0.123. The molecule has 0 atom stereocenters. The molecule has 1 N–H and O–H groups in total. The second-order valence-corrected chi connectivity index (χ2v) is 4.38. The van der Waals surface area contributed by atoms with Gasteiger partial charge in [0.05, 0.1) is 16.6 Å². The van der Waals surface area contributed by atoms with Gasteiger partial charge < -0.3 is 4.98 Å². The molecule has 2 heterocycles. The minimum atomic E-state index is -0.123. The summed E-state index contributed by atoms with van der Waals surface area (Å²) in [5, 5.41) is 1.28. The molecule has 4 heteroatoms. The van der Waals surface area contributed by atoms with Gasteiger partial charge in [0.15, 0.2) is 0 Å². The maximum Gasteiger partial charge on any atom is 0.257 e. The van der Waals surface area contributed by atoms with Crippen molar-refractivity contribution in [3.63, 3.8) is 0 Å². The number of benzene rings is 1. The van der Waals surface area contributed by atoms with Crippen LogP contribution in [0.1, 0.15) is 0 Å². The molecule has 0 aliphatic rings. The van der Waals surface area contributed by atoms with E-state index in [1.807, 2.05) is 30.3 Å². The fourth-order valence-electron chi connectivity index (χ4n) is 1.85. The van der Waals surface area contributed by atoms with Gasteiger partial charge in [-0.2, -0.15) is 0 Å². The first-order valence-electron chi connectivity index (χ1n) is 5.48. The topological polar surface area (TPSA) is 45.8 Å². The Balaban J connectivity index is 2.19. The Kier molecular flexibility index (Phi) is 2.61. The van der Waals surface area contributed by atoms with Crippen LogP contribution in [0.3, 0.4) is 0 Å². The van der Waals surface area contributed by atoms with E-state index in [-0.39, 0.29) is 5.56 Å². The van der Waals surface area contributed by atoms with Gasteiger partial charge in [0.1, 0.15) is 0 Å². The summed E-state index contributed by atoms with van der Waals surface area (Å²) in [4.78, 5) is 18.7. The smallest absolute Gasteiger partial charge is 0.257 e. The van der Waals surface area contributed by atoms with E-state index in [4.69, 9.17) is 11.6 Å². The summed E-state index contributed by atoms with van der Waals surface area (Å²) in [6.45, 7) is 0. The molecule has 0 fully saturated rings. The number of hydrogen-bond donors (Lipinski definition) is 1. The molecule has 0 radical (unpaired) electrons. The number of nitrogens with zero attached hydrogens (tertiary/aromatic N) is 1. The highest BCUT2D eigenvalue weighted by Crippen LogP contribution is 2.21. The first kappa shape index (κ1) is 11.0. The zero-order chi connectivity index (χ0) is 12.5. The average molecular weight is 257 g/mol. The van der Waals surface area contributed by atoms with E-state index in [9.17, 15) is 4.79 Å². The fraction of sp³-hybridized carbons (Fsp3) is 0. The molecule has 0 aliphatic heterocycles. The molecule has 0 unspecified atom stereocenters. The maximum atomic E-state index is 11.6. The average Bonchev–Trinajstić information content (AvgIpc) is 2.39. The molecule has 3 rings (SSSR count). The molecule has 0 spiro atoms. The van der Waals surface area contributed by atoms with E-state index >= 15 is 0 Å². The number of rotatable bonds is 1. The van der Waals surface area contributed by atoms with E-state index in [2.05, 4.69) is 9.97 Å². The van der Waals surface area contributed by atoms with Gasteiger partial charge in [-0.1, -0.05) is 23.7 Å².